The second-order valence-electron chi connectivity index (χ2n) is 4.63. The Morgan fingerprint density at radius 2 is 2.17 bits per heavy atom. The van der Waals surface area contributed by atoms with E-state index in [-0.39, 0.29) is 6.61 Å². The minimum Gasteiger partial charge on any atom is -0.418 e. The van der Waals surface area contributed by atoms with Crippen molar-refractivity contribution in [2.24, 2.45) is 0 Å². The van der Waals surface area contributed by atoms with Gasteiger partial charge in [-0.2, -0.15) is 0 Å². The van der Waals surface area contributed by atoms with Gasteiger partial charge in [0.1, 0.15) is 0 Å². The predicted molar refractivity (Wildman–Crippen MR) is 66.9 cm³/mol. The first-order valence-electron chi connectivity index (χ1n) is 5.71. The van der Waals surface area contributed by atoms with Gasteiger partial charge in [0.25, 0.3) is 0 Å². The van der Waals surface area contributed by atoms with E-state index in [0.717, 1.165) is 11.1 Å². The minimum atomic E-state index is -1.54. The lowest BCUT2D eigenvalue weighted by atomic mass is 10.1. The number of hydrogen-bond acceptors (Lipinski definition) is 4. The maximum absolute atomic E-state index is 11.5. The summed E-state index contributed by atoms with van der Waals surface area (Å²) in [6, 6.07) is 6.88. The van der Waals surface area contributed by atoms with Crippen LogP contribution in [0.15, 0.2) is 24.3 Å². The van der Waals surface area contributed by atoms with Gasteiger partial charge in [-0.25, -0.2) is 4.79 Å². The van der Waals surface area contributed by atoms with Crippen molar-refractivity contribution in [1.82, 2.24) is 5.32 Å². The molecule has 5 nitrogen and oxygen atoms in total. The third kappa shape index (κ3) is 4.73. The summed E-state index contributed by atoms with van der Waals surface area (Å²) < 4.78 is 4.72. The molecule has 0 aliphatic rings. The van der Waals surface area contributed by atoms with Gasteiger partial charge < -0.3 is 20.3 Å². The number of rotatable bonds is 4. The SMILES string of the molecule is Cc1cccc(C(CO)NC(=O)OC(C)(C)O)c1. The summed E-state index contributed by atoms with van der Waals surface area (Å²) in [6.07, 6.45) is -0.775. The number of aliphatic hydroxyl groups excluding tert-OH is 1. The van der Waals surface area contributed by atoms with Crippen molar-refractivity contribution in [3.63, 3.8) is 0 Å². The van der Waals surface area contributed by atoms with E-state index in [9.17, 15) is 15.0 Å². The minimum absolute atomic E-state index is 0.246. The number of hydrogen-bond donors (Lipinski definition) is 3. The zero-order valence-corrected chi connectivity index (χ0v) is 10.8. The molecule has 1 amide bonds. The first-order valence-corrected chi connectivity index (χ1v) is 5.71. The van der Waals surface area contributed by atoms with E-state index >= 15 is 0 Å². The fraction of sp³-hybridized carbons (Fsp3) is 0.462. The van der Waals surface area contributed by atoms with Crippen LogP contribution in [0, 0.1) is 6.92 Å². The largest absolute Gasteiger partial charge is 0.418 e. The standard InChI is InChI=1S/C13H19NO4/c1-9-5-4-6-10(7-9)11(8-15)14-12(16)18-13(2,3)17/h4-7,11,15,17H,8H2,1-3H3,(H,14,16). The van der Waals surface area contributed by atoms with Gasteiger partial charge in [0.15, 0.2) is 0 Å². The molecule has 1 aromatic rings. The third-order valence-corrected chi connectivity index (χ3v) is 2.26. The maximum atomic E-state index is 11.5. The monoisotopic (exact) mass is 253 g/mol. The van der Waals surface area contributed by atoms with Gasteiger partial charge in [0.05, 0.1) is 12.6 Å². The van der Waals surface area contributed by atoms with Gasteiger partial charge in [-0.3, -0.25) is 0 Å². The molecule has 0 saturated heterocycles. The molecule has 0 radical (unpaired) electrons. The van der Waals surface area contributed by atoms with Crippen LogP contribution >= 0.6 is 0 Å². The second-order valence-corrected chi connectivity index (χ2v) is 4.63. The molecule has 1 atom stereocenters. The highest BCUT2D eigenvalue weighted by Gasteiger charge is 2.21. The van der Waals surface area contributed by atoms with Gasteiger partial charge in [-0.05, 0) is 12.5 Å². The molecule has 100 valence electrons. The summed E-state index contributed by atoms with van der Waals surface area (Å²) in [5.41, 5.74) is 1.81. The Hall–Kier alpha value is -1.59. The van der Waals surface area contributed by atoms with Crippen LogP contribution in [0.5, 0.6) is 0 Å². The number of aryl methyl sites for hydroxylation is 1. The topological polar surface area (TPSA) is 78.8 Å². The van der Waals surface area contributed by atoms with Gasteiger partial charge in [-0.1, -0.05) is 29.8 Å². The summed E-state index contributed by atoms with van der Waals surface area (Å²) in [5, 5.41) is 21.1. The van der Waals surface area contributed by atoms with Crippen molar-refractivity contribution in [3.05, 3.63) is 35.4 Å². The average Bonchev–Trinajstić information content (AvgIpc) is 2.23. The van der Waals surface area contributed by atoms with Crippen LogP contribution in [0.2, 0.25) is 0 Å². The van der Waals surface area contributed by atoms with Crippen LogP contribution in [0.3, 0.4) is 0 Å². The lowest BCUT2D eigenvalue weighted by Gasteiger charge is -2.22. The molecule has 0 aliphatic carbocycles. The number of benzene rings is 1. The van der Waals surface area contributed by atoms with Crippen molar-refractivity contribution in [2.45, 2.75) is 32.6 Å². The maximum Gasteiger partial charge on any atom is 0.410 e. The van der Waals surface area contributed by atoms with Crippen LogP contribution in [-0.4, -0.2) is 28.7 Å². The molecule has 0 saturated carbocycles. The van der Waals surface area contributed by atoms with Crippen molar-refractivity contribution in [3.8, 4) is 0 Å². The predicted octanol–water partition coefficient (Wildman–Crippen LogP) is 1.48. The molecule has 0 aromatic heterocycles. The van der Waals surface area contributed by atoms with E-state index in [0.29, 0.717) is 0 Å². The molecule has 0 fully saturated rings. The van der Waals surface area contributed by atoms with Crippen LogP contribution in [-0.2, 0) is 4.74 Å². The number of alkyl carbamates (subject to hydrolysis) is 1. The average molecular weight is 253 g/mol. The van der Waals surface area contributed by atoms with Crippen molar-refractivity contribution in [2.75, 3.05) is 6.61 Å². The van der Waals surface area contributed by atoms with Gasteiger partial charge in [0, 0.05) is 13.8 Å². The second kappa shape index (κ2) is 5.84. The summed E-state index contributed by atoms with van der Waals surface area (Å²) >= 11 is 0. The quantitative estimate of drug-likeness (QED) is 0.710. The highest BCUT2D eigenvalue weighted by molar-refractivity contribution is 5.68. The number of ether oxygens (including phenoxy) is 1. The molecule has 0 heterocycles. The Bertz CT molecular complexity index is 412. The Kier molecular flexibility index (Phi) is 4.69. The van der Waals surface area contributed by atoms with E-state index in [1.54, 1.807) is 6.07 Å². The highest BCUT2D eigenvalue weighted by atomic mass is 16.7. The summed E-state index contributed by atoms with van der Waals surface area (Å²) in [6.45, 7) is 4.39. The third-order valence-electron chi connectivity index (χ3n) is 2.26. The Labute approximate surface area is 106 Å². The number of carbonyl (C=O) groups is 1. The lowest BCUT2D eigenvalue weighted by Crippen LogP contribution is -2.37. The molecular weight excluding hydrogens is 234 g/mol. The van der Waals surface area contributed by atoms with Crippen LogP contribution in [0.1, 0.15) is 31.0 Å². The first-order chi connectivity index (χ1) is 8.31. The van der Waals surface area contributed by atoms with E-state index in [4.69, 9.17) is 4.74 Å². The smallest absolute Gasteiger partial charge is 0.410 e. The van der Waals surface area contributed by atoms with Crippen LogP contribution < -0.4 is 5.32 Å². The lowest BCUT2D eigenvalue weighted by molar-refractivity contribution is -0.132. The number of carbonyl (C=O) groups excluding carboxylic acids is 1. The van der Waals surface area contributed by atoms with Crippen molar-refractivity contribution >= 4 is 6.09 Å². The number of aliphatic hydroxyl groups is 2. The van der Waals surface area contributed by atoms with Crippen LogP contribution in [0.25, 0.3) is 0 Å². The van der Waals surface area contributed by atoms with Crippen molar-refractivity contribution < 1.29 is 19.7 Å². The molecule has 1 aromatic carbocycles. The van der Waals surface area contributed by atoms with Gasteiger partial charge >= 0.3 is 6.09 Å². The molecule has 0 aliphatic heterocycles. The fourth-order valence-electron chi connectivity index (χ4n) is 1.52. The Balaban J connectivity index is 2.71. The molecule has 5 heteroatoms. The first kappa shape index (κ1) is 14.5. The molecule has 0 bridgehead atoms. The summed E-state index contributed by atoms with van der Waals surface area (Å²) in [5.74, 6) is -1.54. The summed E-state index contributed by atoms with van der Waals surface area (Å²) in [4.78, 5) is 11.5. The fourth-order valence-corrected chi connectivity index (χ4v) is 1.52. The van der Waals surface area contributed by atoms with Gasteiger partial charge in [-0.15, -0.1) is 0 Å². The zero-order valence-electron chi connectivity index (χ0n) is 10.8. The zero-order chi connectivity index (χ0) is 13.8. The molecule has 1 unspecified atom stereocenters. The van der Waals surface area contributed by atoms with Crippen LogP contribution in [0.4, 0.5) is 4.79 Å². The van der Waals surface area contributed by atoms with E-state index in [2.05, 4.69) is 5.32 Å². The highest BCUT2D eigenvalue weighted by Crippen LogP contribution is 2.15. The molecule has 0 spiro atoms. The van der Waals surface area contributed by atoms with Gasteiger partial charge in [0.2, 0.25) is 5.79 Å². The number of nitrogens with one attached hydrogen (secondary N) is 1. The summed E-state index contributed by atoms with van der Waals surface area (Å²) in [7, 11) is 0. The van der Waals surface area contributed by atoms with E-state index in [1.807, 2.05) is 25.1 Å². The molecule has 18 heavy (non-hydrogen) atoms. The van der Waals surface area contributed by atoms with E-state index in [1.165, 1.54) is 13.8 Å². The van der Waals surface area contributed by atoms with E-state index < -0.39 is 17.9 Å². The number of amides is 1. The normalized spacial score (nSPS) is 12.9. The molecule has 3 N–H and O–H groups in total. The Morgan fingerprint density at radius 3 is 2.67 bits per heavy atom. The van der Waals surface area contributed by atoms with Crippen molar-refractivity contribution in [1.29, 1.82) is 0 Å². The molecule has 1 rings (SSSR count). The molecular formula is C13H19NO4. The Morgan fingerprint density at radius 1 is 1.50 bits per heavy atom.